The molecule has 7 heteroatoms. The summed E-state index contributed by atoms with van der Waals surface area (Å²) in [5, 5.41) is 0. The first-order chi connectivity index (χ1) is 32.5. The summed E-state index contributed by atoms with van der Waals surface area (Å²) in [5.41, 5.74) is 0. The Balaban J connectivity index is -0.000000426. The molecule has 0 rings (SSSR count). The number of rotatable bonds is 51. The van der Waals surface area contributed by atoms with Crippen LogP contribution in [0.25, 0.3) is 0 Å². The van der Waals surface area contributed by atoms with Crippen LogP contribution in [-0.2, 0) is 0 Å². The molecule has 0 aromatic carbocycles. The summed E-state index contributed by atoms with van der Waals surface area (Å²) < 4.78 is 0. The zero-order valence-corrected chi connectivity index (χ0v) is 49.1. The fraction of sp³-hybridized carbons (Fsp3) is 1.00. The second-order valence-electron chi connectivity index (χ2n) is 22.0. The van der Waals surface area contributed by atoms with Gasteiger partial charge in [0.1, 0.15) is 0 Å². The van der Waals surface area contributed by atoms with Crippen LogP contribution in [0.3, 0.4) is 0 Å². The molecule has 0 radical (unpaired) electrons. The predicted molar refractivity (Wildman–Crippen MR) is 299 cm³/mol. The molecule has 6 nitrogen and oxygen atoms in total. The summed E-state index contributed by atoms with van der Waals surface area (Å²) in [6.07, 6.45) is 70.3. The van der Waals surface area contributed by atoms with Gasteiger partial charge in [0.25, 0.3) is 0 Å². The molecule has 0 atom stereocenters. The van der Waals surface area contributed by atoms with Crippen LogP contribution in [0.5, 0.6) is 0 Å². The van der Waals surface area contributed by atoms with E-state index >= 15 is 0 Å². The van der Waals surface area contributed by atoms with Gasteiger partial charge in [0, 0.05) is 0 Å². The second-order valence-corrected chi connectivity index (χ2v) is 22.5. The van der Waals surface area contributed by atoms with Crippen LogP contribution < -0.4 is 29.4 Å². The molecule has 0 bridgehead atoms. The van der Waals surface area contributed by atoms with Gasteiger partial charge in [-0.2, -0.15) is 0 Å². The second kappa shape index (κ2) is 70.4. The number of unbranched alkanes of at least 4 members (excludes halogenated alkanes) is 45. The summed E-state index contributed by atoms with van der Waals surface area (Å²) >= 11 is 0. The van der Waals surface area contributed by atoms with Gasteiger partial charge < -0.3 is 38.0 Å². The van der Waals surface area contributed by atoms with E-state index in [-0.39, 0.29) is 0 Å². The first-order valence-electron chi connectivity index (χ1n) is 30.7. The largest absolute Gasteiger partial charge is 0.854 e. The smallest absolute Gasteiger partial charge is 0.0766 e. The van der Waals surface area contributed by atoms with Crippen LogP contribution in [0.2, 0.25) is 0 Å². The van der Waals surface area contributed by atoms with Crippen LogP contribution in [0.4, 0.5) is 0 Å². The highest BCUT2D eigenvalue weighted by atomic mass is 31.2. The highest BCUT2D eigenvalue weighted by Crippen LogP contribution is 2.16. The maximum atomic E-state index is 8.48. The van der Waals surface area contributed by atoms with Crippen molar-refractivity contribution in [2.75, 3.05) is 61.9 Å². The summed E-state index contributed by atoms with van der Waals surface area (Å²) in [7, 11) is 10.2. The Morgan fingerprint density at radius 2 is 0.284 bits per heavy atom. The molecule has 0 fully saturated rings. The molecule has 0 saturated heterocycles. The molecule has 0 aliphatic heterocycles. The van der Waals surface area contributed by atoms with Gasteiger partial charge in [-0.1, -0.05) is 290 Å². The molecular weight excluding hydrogens is 842 g/mol. The lowest BCUT2D eigenvalue weighted by Crippen LogP contribution is -3.05. The molecule has 0 spiro atoms. The molecule has 3 N–H and O–H groups in total. The molecule has 0 aliphatic carbocycles. The van der Waals surface area contributed by atoms with Crippen LogP contribution in [0.15, 0.2) is 0 Å². The average molecular weight is 975 g/mol. The predicted octanol–water partition coefficient (Wildman–Crippen LogP) is 13.5. The topological polar surface area (TPSA) is 82.5 Å². The Hall–Kier alpha value is 0.190. The molecule has 0 aromatic rings. The van der Waals surface area contributed by atoms with Gasteiger partial charge in [-0.25, -0.2) is 0 Å². The van der Waals surface area contributed by atoms with Crippen LogP contribution >= 0.6 is 8.60 Å². The molecule has 67 heavy (non-hydrogen) atoms. The van der Waals surface area contributed by atoms with Crippen molar-refractivity contribution in [3.63, 3.8) is 0 Å². The zero-order chi connectivity index (χ0) is 50.4. The fourth-order valence-corrected chi connectivity index (χ4v) is 9.08. The van der Waals surface area contributed by atoms with Gasteiger partial charge in [0.2, 0.25) is 0 Å². The number of quaternary nitrogens is 3. The van der Waals surface area contributed by atoms with Crippen LogP contribution in [0, 0.1) is 0 Å². The average Bonchev–Trinajstić information content (AvgIpc) is 3.28. The van der Waals surface area contributed by atoms with E-state index in [0.717, 1.165) is 0 Å². The molecule has 410 valence electrons. The van der Waals surface area contributed by atoms with Crippen molar-refractivity contribution in [3.05, 3.63) is 0 Å². The minimum absolute atomic E-state index is 1.35. The van der Waals surface area contributed by atoms with Crippen molar-refractivity contribution in [2.24, 2.45) is 0 Å². The Labute approximate surface area is 427 Å². The van der Waals surface area contributed by atoms with Gasteiger partial charge in [0.15, 0.2) is 0 Å². The van der Waals surface area contributed by atoms with Crippen LogP contribution in [-0.4, -0.2) is 61.9 Å². The quantitative estimate of drug-likeness (QED) is 0.0420. The van der Waals surface area contributed by atoms with Gasteiger partial charge in [-0.3, -0.25) is 0 Å². The number of nitrogens with one attached hydrogen (secondary N) is 3. The van der Waals surface area contributed by atoms with Crippen molar-refractivity contribution < 1.29 is 29.4 Å². The van der Waals surface area contributed by atoms with Crippen molar-refractivity contribution in [1.29, 1.82) is 0 Å². The maximum absolute atomic E-state index is 8.48. The lowest BCUT2D eigenvalue weighted by molar-refractivity contribution is -0.858. The fourth-order valence-electron chi connectivity index (χ4n) is 9.08. The van der Waals surface area contributed by atoms with Crippen molar-refractivity contribution in [2.45, 2.75) is 329 Å². The van der Waals surface area contributed by atoms with Crippen molar-refractivity contribution >= 4 is 8.60 Å². The molecule has 0 amide bonds. The van der Waals surface area contributed by atoms with Crippen molar-refractivity contribution in [1.82, 2.24) is 0 Å². The van der Waals surface area contributed by atoms with E-state index in [9.17, 15) is 0 Å². The van der Waals surface area contributed by atoms with Gasteiger partial charge in [-0.05, 0) is 38.5 Å². The van der Waals surface area contributed by atoms with Gasteiger partial charge in [0.05, 0.1) is 61.9 Å². The molecular formula is C60H132N3O3P. The maximum Gasteiger partial charge on any atom is 0.0766 e. The zero-order valence-electron chi connectivity index (χ0n) is 48.2. The summed E-state index contributed by atoms with van der Waals surface area (Å²) in [5.74, 6) is 0. The third-order valence-electron chi connectivity index (χ3n) is 13.6. The standard InChI is InChI=1S/3C20H43N.O3P/c3*1-4-5-6-7-8-9-10-11-12-13-14-15-16-17-18-19-20-21(2)3;1-4(2)3/h3*4-20H2,1-3H3;/q;;;-3/p+3. The summed E-state index contributed by atoms with van der Waals surface area (Å²) in [6, 6.07) is 0. The Bertz CT molecular complexity index is 690. The van der Waals surface area contributed by atoms with Gasteiger partial charge >= 0.3 is 0 Å². The molecule has 0 unspecified atom stereocenters. The Morgan fingerprint density at radius 3 is 0.373 bits per heavy atom. The van der Waals surface area contributed by atoms with E-state index in [1.165, 1.54) is 328 Å². The summed E-state index contributed by atoms with van der Waals surface area (Å²) in [4.78, 5) is 30.2. The van der Waals surface area contributed by atoms with Crippen LogP contribution in [0.1, 0.15) is 329 Å². The Kier molecular flexibility index (Phi) is 77.5. The lowest BCUT2D eigenvalue weighted by Gasteiger charge is -2.39. The minimum atomic E-state index is -3.37. The summed E-state index contributed by atoms with van der Waals surface area (Å²) in [6.45, 7) is 10.9. The van der Waals surface area contributed by atoms with Gasteiger partial charge in [-0.15, -0.1) is 0 Å². The highest BCUT2D eigenvalue weighted by Gasteiger charge is 1.99. The normalized spacial score (nSPS) is 11.3. The molecule has 0 aliphatic rings. The number of hydrogen-bond donors (Lipinski definition) is 3. The van der Waals surface area contributed by atoms with E-state index in [2.05, 4.69) is 63.1 Å². The van der Waals surface area contributed by atoms with E-state index in [4.69, 9.17) is 14.7 Å². The highest BCUT2D eigenvalue weighted by molar-refractivity contribution is 7.33. The third kappa shape index (κ3) is 92.9. The third-order valence-corrected chi connectivity index (χ3v) is 13.6. The molecule has 0 heterocycles. The Morgan fingerprint density at radius 1 is 0.194 bits per heavy atom. The first kappa shape index (κ1) is 73.7. The lowest BCUT2D eigenvalue weighted by atomic mass is 10.0. The molecule has 0 aromatic heterocycles. The van der Waals surface area contributed by atoms with E-state index in [1.54, 1.807) is 14.7 Å². The van der Waals surface area contributed by atoms with Crippen molar-refractivity contribution in [3.8, 4) is 0 Å². The first-order valence-corrected chi connectivity index (χ1v) is 31.8. The SMILES string of the molecule is CCCCCCCCCCCCCCCCCC[NH+](C)C.CCCCCCCCCCCCCCCCCC[NH+](C)C.CCCCCCCCCCCCCCCCCC[NH+](C)C.[O-]P([O-])[O-]. The monoisotopic (exact) mass is 974 g/mol. The van der Waals surface area contributed by atoms with E-state index in [0.29, 0.717) is 0 Å². The van der Waals surface area contributed by atoms with E-state index in [1.807, 2.05) is 0 Å². The minimum Gasteiger partial charge on any atom is -0.854 e. The molecule has 0 saturated carbocycles. The van der Waals surface area contributed by atoms with E-state index < -0.39 is 8.60 Å². The number of hydrogen-bond acceptors (Lipinski definition) is 3.